The average Bonchev–Trinajstić information content (AvgIpc) is 3.17. The smallest absolute Gasteiger partial charge is 0.311 e. The molecule has 2 aromatic carbocycles. The summed E-state index contributed by atoms with van der Waals surface area (Å²) in [5.74, 6) is 1.67. The Morgan fingerprint density at radius 2 is 2.11 bits per heavy atom. The van der Waals surface area contributed by atoms with Crippen LogP contribution in [0.5, 0.6) is 11.5 Å². The summed E-state index contributed by atoms with van der Waals surface area (Å²) >= 11 is 0. The molecular weight excluding hydrogens is 344 g/mol. The fourth-order valence-corrected chi connectivity index (χ4v) is 4.24. The van der Waals surface area contributed by atoms with Gasteiger partial charge in [-0.1, -0.05) is 30.4 Å². The zero-order chi connectivity index (χ0) is 19.0. The Hall–Kier alpha value is -3.02. The van der Waals surface area contributed by atoms with E-state index in [0.29, 0.717) is 12.5 Å². The third-order valence-electron chi connectivity index (χ3n) is 5.42. The molecule has 2 aliphatic rings. The van der Waals surface area contributed by atoms with Gasteiger partial charge in [-0.2, -0.15) is 0 Å². The molecule has 1 aliphatic heterocycles. The molecule has 4 rings (SSSR count). The van der Waals surface area contributed by atoms with Gasteiger partial charge < -0.3 is 14.8 Å². The van der Waals surface area contributed by atoms with Gasteiger partial charge in [0.25, 0.3) is 0 Å². The predicted molar refractivity (Wildman–Crippen MR) is 104 cm³/mol. The number of nitro benzene ring substituents is 1. The van der Waals surface area contributed by atoms with Crippen LogP contribution in [-0.2, 0) is 0 Å². The molecule has 0 spiro atoms. The number of nitrogens with zero attached hydrogens (tertiary/aromatic N) is 1. The molecule has 0 saturated heterocycles. The standard InChI is InChI=1S/C21H22N2O4/c1-3-27-19-9-5-8-16-14-6-4-7-15(14)20(22-21(16)19)13-10-11-18(26-2)17(12-13)23(24)25/h4-6,8-12,14-15,20,22H,3,7H2,1-2H3/t14-,15-,20-/m0/s1. The first kappa shape index (κ1) is 17.4. The summed E-state index contributed by atoms with van der Waals surface area (Å²) in [4.78, 5) is 11.1. The molecule has 1 heterocycles. The van der Waals surface area contributed by atoms with Crippen LogP contribution in [0.1, 0.15) is 36.4 Å². The van der Waals surface area contributed by atoms with Crippen LogP contribution in [0.3, 0.4) is 0 Å². The lowest BCUT2D eigenvalue weighted by Gasteiger charge is -2.38. The number of nitro groups is 1. The Morgan fingerprint density at radius 1 is 1.26 bits per heavy atom. The van der Waals surface area contributed by atoms with Crippen LogP contribution in [0.15, 0.2) is 48.6 Å². The molecule has 0 fully saturated rings. The van der Waals surface area contributed by atoms with Gasteiger partial charge in [-0.15, -0.1) is 0 Å². The minimum absolute atomic E-state index is 0.0109. The first-order valence-electron chi connectivity index (χ1n) is 9.15. The lowest BCUT2D eigenvalue weighted by Crippen LogP contribution is -2.29. The van der Waals surface area contributed by atoms with Crippen LogP contribution >= 0.6 is 0 Å². The second-order valence-electron chi connectivity index (χ2n) is 6.82. The van der Waals surface area contributed by atoms with Gasteiger partial charge in [-0.3, -0.25) is 10.1 Å². The van der Waals surface area contributed by atoms with Crippen molar-refractivity contribution in [1.82, 2.24) is 0 Å². The summed E-state index contributed by atoms with van der Waals surface area (Å²) in [5.41, 5.74) is 3.08. The van der Waals surface area contributed by atoms with Gasteiger partial charge in [0.05, 0.1) is 30.4 Å². The van der Waals surface area contributed by atoms with E-state index >= 15 is 0 Å². The Balaban J connectivity index is 1.79. The van der Waals surface area contributed by atoms with Gasteiger partial charge in [0.1, 0.15) is 5.75 Å². The van der Waals surface area contributed by atoms with E-state index in [1.54, 1.807) is 12.1 Å². The highest BCUT2D eigenvalue weighted by Crippen LogP contribution is 2.52. The van der Waals surface area contributed by atoms with E-state index in [2.05, 4.69) is 23.5 Å². The molecule has 6 nitrogen and oxygen atoms in total. The van der Waals surface area contributed by atoms with Gasteiger partial charge >= 0.3 is 5.69 Å². The fourth-order valence-electron chi connectivity index (χ4n) is 4.24. The number of anilines is 1. The van der Waals surface area contributed by atoms with Crippen molar-refractivity contribution in [2.75, 3.05) is 19.0 Å². The predicted octanol–water partition coefficient (Wildman–Crippen LogP) is 4.83. The van der Waals surface area contributed by atoms with Crippen LogP contribution < -0.4 is 14.8 Å². The molecule has 1 aliphatic carbocycles. The summed E-state index contributed by atoms with van der Waals surface area (Å²) in [6, 6.07) is 11.3. The Kier molecular flexibility index (Phi) is 4.48. The lowest BCUT2D eigenvalue weighted by molar-refractivity contribution is -0.385. The van der Waals surface area contributed by atoms with Crippen LogP contribution in [0.2, 0.25) is 0 Å². The van der Waals surface area contributed by atoms with Crippen LogP contribution in [-0.4, -0.2) is 18.6 Å². The molecule has 0 bridgehead atoms. The molecule has 0 radical (unpaired) electrons. The molecule has 3 atom stereocenters. The number of hydrogen-bond donors (Lipinski definition) is 1. The van der Waals surface area contributed by atoms with Gasteiger partial charge in [-0.05, 0) is 42.5 Å². The molecule has 1 N–H and O–H groups in total. The minimum atomic E-state index is -0.394. The van der Waals surface area contributed by atoms with E-state index < -0.39 is 4.92 Å². The Labute approximate surface area is 158 Å². The van der Waals surface area contributed by atoms with E-state index in [-0.39, 0.29) is 23.4 Å². The van der Waals surface area contributed by atoms with Crippen molar-refractivity contribution in [2.24, 2.45) is 5.92 Å². The maximum absolute atomic E-state index is 11.5. The first-order valence-corrected chi connectivity index (χ1v) is 9.15. The Bertz CT molecular complexity index is 909. The molecule has 0 aromatic heterocycles. The van der Waals surface area contributed by atoms with E-state index in [1.807, 2.05) is 25.1 Å². The normalized spacial score (nSPS) is 22.5. The van der Waals surface area contributed by atoms with Crippen molar-refractivity contribution in [3.8, 4) is 11.5 Å². The van der Waals surface area contributed by atoms with E-state index in [4.69, 9.17) is 9.47 Å². The fraction of sp³-hybridized carbons (Fsp3) is 0.333. The summed E-state index contributed by atoms with van der Waals surface area (Å²) in [6.07, 6.45) is 5.37. The monoisotopic (exact) mass is 366 g/mol. The van der Waals surface area contributed by atoms with Crippen LogP contribution in [0.4, 0.5) is 11.4 Å². The van der Waals surface area contributed by atoms with E-state index in [1.165, 1.54) is 12.7 Å². The number of para-hydroxylation sites is 1. The number of methoxy groups -OCH3 is 1. The van der Waals surface area contributed by atoms with Crippen molar-refractivity contribution >= 4 is 11.4 Å². The van der Waals surface area contributed by atoms with Crippen molar-refractivity contribution < 1.29 is 14.4 Å². The van der Waals surface area contributed by atoms with Gasteiger partial charge in [0, 0.05) is 12.0 Å². The highest BCUT2D eigenvalue weighted by Gasteiger charge is 2.39. The second kappa shape index (κ2) is 6.95. The topological polar surface area (TPSA) is 73.6 Å². The van der Waals surface area contributed by atoms with E-state index in [0.717, 1.165) is 23.4 Å². The Morgan fingerprint density at radius 3 is 2.85 bits per heavy atom. The lowest BCUT2D eigenvalue weighted by atomic mass is 9.77. The third-order valence-corrected chi connectivity index (χ3v) is 5.42. The number of allylic oxidation sites excluding steroid dienone is 2. The highest BCUT2D eigenvalue weighted by atomic mass is 16.6. The average molecular weight is 366 g/mol. The van der Waals surface area contributed by atoms with Gasteiger partial charge in [0.15, 0.2) is 5.75 Å². The van der Waals surface area contributed by atoms with Crippen LogP contribution in [0, 0.1) is 16.0 Å². The molecule has 140 valence electrons. The molecular formula is C21H22N2O4. The van der Waals surface area contributed by atoms with E-state index in [9.17, 15) is 10.1 Å². The summed E-state index contributed by atoms with van der Waals surface area (Å²) in [5, 5.41) is 15.1. The summed E-state index contributed by atoms with van der Waals surface area (Å²) in [6.45, 7) is 2.55. The van der Waals surface area contributed by atoms with Gasteiger partial charge in [0.2, 0.25) is 0 Å². The quantitative estimate of drug-likeness (QED) is 0.466. The second-order valence-corrected chi connectivity index (χ2v) is 6.82. The maximum atomic E-state index is 11.5. The zero-order valence-corrected chi connectivity index (χ0v) is 15.3. The summed E-state index contributed by atoms with van der Waals surface area (Å²) < 4.78 is 11.0. The molecule has 0 amide bonds. The van der Waals surface area contributed by atoms with Crippen molar-refractivity contribution in [3.05, 3.63) is 69.8 Å². The zero-order valence-electron chi connectivity index (χ0n) is 15.3. The van der Waals surface area contributed by atoms with Gasteiger partial charge in [-0.25, -0.2) is 0 Å². The largest absolute Gasteiger partial charge is 0.492 e. The molecule has 0 saturated carbocycles. The third kappa shape index (κ3) is 2.91. The van der Waals surface area contributed by atoms with Crippen LogP contribution in [0.25, 0.3) is 0 Å². The number of fused-ring (bicyclic) bond motifs is 3. The number of benzene rings is 2. The SMILES string of the molecule is CCOc1cccc2c1N[C@@H](c1ccc(OC)c([N+](=O)[O-])c1)[C@H]1CC=C[C@H]21. The molecule has 2 aromatic rings. The molecule has 27 heavy (non-hydrogen) atoms. The highest BCUT2D eigenvalue weighted by molar-refractivity contribution is 5.68. The van der Waals surface area contributed by atoms with Crippen molar-refractivity contribution in [3.63, 3.8) is 0 Å². The number of nitrogens with one attached hydrogen (secondary N) is 1. The summed E-state index contributed by atoms with van der Waals surface area (Å²) in [7, 11) is 1.45. The molecule has 0 unspecified atom stereocenters. The minimum Gasteiger partial charge on any atom is -0.492 e. The number of ether oxygens (including phenoxy) is 2. The maximum Gasteiger partial charge on any atom is 0.311 e. The van der Waals surface area contributed by atoms with Crippen molar-refractivity contribution in [2.45, 2.75) is 25.3 Å². The van der Waals surface area contributed by atoms with Crippen molar-refractivity contribution in [1.29, 1.82) is 0 Å². The number of rotatable bonds is 5. The molecule has 6 heteroatoms. The first-order chi connectivity index (χ1) is 13.1. The number of hydrogen-bond acceptors (Lipinski definition) is 5.